The Kier molecular flexibility index (Phi) is 7.58. The zero-order valence-electron chi connectivity index (χ0n) is 18.4. The lowest BCUT2D eigenvalue weighted by molar-refractivity contribution is -0.128. The highest BCUT2D eigenvalue weighted by Gasteiger charge is 2.43. The maximum atomic E-state index is 13.7. The van der Waals surface area contributed by atoms with Gasteiger partial charge in [0.25, 0.3) is 0 Å². The molecule has 1 aromatic heterocycles. The number of hydrogen-bond acceptors (Lipinski definition) is 4. The third-order valence-electron chi connectivity index (χ3n) is 5.34. The highest BCUT2D eigenvalue weighted by molar-refractivity contribution is 7.83. The van der Waals surface area contributed by atoms with Crippen LogP contribution >= 0.6 is 0 Å². The summed E-state index contributed by atoms with van der Waals surface area (Å²) in [6.07, 6.45) is 6.10. The van der Waals surface area contributed by atoms with E-state index < -0.39 is 16.9 Å². The van der Waals surface area contributed by atoms with Gasteiger partial charge in [0.2, 0.25) is 11.8 Å². The molecular weight excluding hydrogens is 424 g/mol. The van der Waals surface area contributed by atoms with Crippen molar-refractivity contribution in [3.05, 3.63) is 84.0 Å². The average Bonchev–Trinajstić information content (AvgIpc) is 2.78. The van der Waals surface area contributed by atoms with E-state index in [1.807, 2.05) is 18.2 Å². The third-order valence-corrected chi connectivity index (χ3v) is 6.78. The average molecular weight is 453 g/mol. The number of nitrogens with two attached hydrogens (primary N) is 1. The summed E-state index contributed by atoms with van der Waals surface area (Å²) < 4.78 is 15.4. The van der Waals surface area contributed by atoms with Crippen LogP contribution in [0.5, 0.6) is 0 Å². The van der Waals surface area contributed by atoms with Gasteiger partial charge in [0.15, 0.2) is 11.0 Å². The Morgan fingerprint density at radius 2 is 2.06 bits per heavy atom. The monoisotopic (exact) mass is 452 g/mol. The smallest absolute Gasteiger partial charge is 0.248 e. The van der Waals surface area contributed by atoms with Crippen molar-refractivity contribution in [2.75, 3.05) is 0 Å². The zero-order chi connectivity index (χ0) is 23.3. The number of carbonyl (C=O) groups is 2. The molecule has 3 rings (SSSR count). The molecule has 2 N–H and O–H groups in total. The Morgan fingerprint density at radius 3 is 2.66 bits per heavy atom. The number of pyridine rings is 1. The van der Waals surface area contributed by atoms with Gasteiger partial charge in [-0.2, -0.15) is 0 Å². The van der Waals surface area contributed by atoms with Gasteiger partial charge in [-0.15, -0.1) is 0 Å². The van der Waals surface area contributed by atoms with Crippen LogP contribution in [-0.4, -0.2) is 36.3 Å². The Morgan fingerprint density at radius 1 is 1.28 bits per heavy atom. The molecule has 0 aliphatic carbocycles. The maximum Gasteiger partial charge on any atom is 0.248 e. The molecular formula is C24H28N4O3S. The zero-order valence-corrected chi connectivity index (χ0v) is 19.2. The van der Waals surface area contributed by atoms with Gasteiger partial charge in [0, 0.05) is 24.3 Å². The SMILES string of the molecule is C=CC1=C(N(Cc2ccccn2)C(C)=O)N(S(=O)c2cccc(C(N)=O)c2)[C@H]1CCCC. The first-order valence-electron chi connectivity index (χ1n) is 10.5. The van der Waals surface area contributed by atoms with Gasteiger partial charge in [-0.25, -0.2) is 4.21 Å². The second kappa shape index (κ2) is 10.4. The predicted octanol–water partition coefficient (Wildman–Crippen LogP) is 3.52. The largest absolute Gasteiger partial charge is 0.366 e. The quantitative estimate of drug-likeness (QED) is 0.596. The van der Waals surface area contributed by atoms with E-state index in [4.69, 9.17) is 5.73 Å². The van der Waals surface area contributed by atoms with Gasteiger partial charge in [-0.3, -0.25) is 23.8 Å². The molecule has 0 radical (unpaired) electrons. The van der Waals surface area contributed by atoms with E-state index >= 15 is 0 Å². The van der Waals surface area contributed by atoms with Crippen LogP contribution in [0.4, 0.5) is 0 Å². The normalized spacial score (nSPS) is 16.3. The van der Waals surface area contributed by atoms with E-state index in [9.17, 15) is 13.8 Å². The van der Waals surface area contributed by atoms with Crippen LogP contribution in [0.2, 0.25) is 0 Å². The van der Waals surface area contributed by atoms with Gasteiger partial charge in [-0.05, 0) is 36.8 Å². The van der Waals surface area contributed by atoms with Crippen LogP contribution < -0.4 is 5.73 Å². The lowest BCUT2D eigenvalue weighted by atomic mass is 9.94. The standard InChI is InChI=1S/C24H28N4O3S/c1-4-6-13-22-21(5-2)24(27(17(3)29)16-19-11-7-8-14-26-19)28(22)32(31)20-12-9-10-18(15-20)23(25)30/h5,7-12,14-15,22H,2,4,6,13,16H2,1,3H3,(H2,25,30)/t22-,32?/m0/s1. The molecule has 2 atom stereocenters. The fourth-order valence-corrected chi connectivity index (χ4v) is 5.17. The highest BCUT2D eigenvalue weighted by atomic mass is 32.2. The minimum absolute atomic E-state index is 0.147. The van der Waals surface area contributed by atoms with Crippen LogP contribution in [-0.2, 0) is 22.3 Å². The minimum atomic E-state index is -1.64. The molecule has 8 heteroatoms. The lowest BCUT2D eigenvalue weighted by Gasteiger charge is -2.48. The summed E-state index contributed by atoms with van der Waals surface area (Å²) in [4.78, 5) is 30.6. The van der Waals surface area contributed by atoms with E-state index in [1.54, 1.807) is 39.7 Å². The first-order valence-corrected chi connectivity index (χ1v) is 11.6. The number of unbranched alkanes of at least 4 members (excludes halogenated alkanes) is 1. The second-order valence-corrected chi connectivity index (χ2v) is 8.90. The molecule has 7 nitrogen and oxygen atoms in total. The molecule has 1 aliphatic heterocycles. The molecule has 0 spiro atoms. The Labute approximate surface area is 191 Å². The predicted molar refractivity (Wildman–Crippen MR) is 124 cm³/mol. The number of rotatable bonds is 10. The van der Waals surface area contributed by atoms with Gasteiger partial charge >= 0.3 is 0 Å². The first-order chi connectivity index (χ1) is 15.4. The van der Waals surface area contributed by atoms with Crippen LogP contribution in [0.15, 0.2) is 77.6 Å². The summed E-state index contributed by atoms with van der Waals surface area (Å²) in [5.74, 6) is -0.216. The van der Waals surface area contributed by atoms with Crippen molar-refractivity contribution >= 4 is 22.8 Å². The molecule has 1 aromatic carbocycles. The van der Waals surface area contributed by atoms with E-state index in [1.165, 1.54) is 13.0 Å². The Balaban J connectivity index is 2.04. The maximum absolute atomic E-state index is 13.7. The third kappa shape index (κ3) is 4.80. The molecule has 2 aromatic rings. The van der Waals surface area contributed by atoms with Crippen molar-refractivity contribution in [1.82, 2.24) is 14.2 Å². The van der Waals surface area contributed by atoms with Crippen LogP contribution in [0.1, 0.15) is 49.2 Å². The Bertz CT molecular complexity index is 1070. The number of nitrogens with zero attached hydrogens (tertiary/aromatic N) is 3. The number of primary amides is 1. The topological polar surface area (TPSA) is 96.6 Å². The molecule has 0 fully saturated rings. The number of amides is 2. The van der Waals surface area contributed by atoms with Crippen molar-refractivity contribution in [3.63, 3.8) is 0 Å². The molecule has 2 amide bonds. The second-order valence-electron chi connectivity index (χ2n) is 7.53. The van der Waals surface area contributed by atoms with E-state index in [2.05, 4.69) is 18.5 Å². The summed E-state index contributed by atoms with van der Waals surface area (Å²) in [6.45, 7) is 7.77. The molecule has 1 aliphatic rings. The number of hydrogen-bond donors (Lipinski definition) is 1. The fourth-order valence-electron chi connectivity index (χ4n) is 3.71. The fraction of sp³-hybridized carbons (Fsp3) is 0.292. The summed E-state index contributed by atoms with van der Waals surface area (Å²) in [6, 6.07) is 11.8. The van der Waals surface area contributed by atoms with Crippen LogP contribution in [0.25, 0.3) is 0 Å². The summed E-state index contributed by atoms with van der Waals surface area (Å²) >= 11 is 0. The Hall–Kier alpha value is -3.26. The van der Waals surface area contributed by atoms with Crippen LogP contribution in [0, 0.1) is 0 Å². The van der Waals surface area contributed by atoms with Gasteiger partial charge in [-0.1, -0.05) is 44.6 Å². The molecule has 32 heavy (non-hydrogen) atoms. The molecule has 0 saturated carbocycles. The van der Waals surface area contributed by atoms with E-state index in [0.29, 0.717) is 10.7 Å². The highest BCUT2D eigenvalue weighted by Crippen LogP contribution is 2.40. The lowest BCUT2D eigenvalue weighted by Crippen LogP contribution is -2.53. The van der Waals surface area contributed by atoms with Gasteiger partial charge < -0.3 is 5.73 Å². The number of benzene rings is 1. The molecule has 0 saturated heterocycles. The van der Waals surface area contributed by atoms with Gasteiger partial charge in [0.1, 0.15) is 5.82 Å². The van der Waals surface area contributed by atoms with Crippen molar-refractivity contribution in [2.24, 2.45) is 5.73 Å². The molecule has 2 heterocycles. The van der Waals surface area contributed by atoms with Crippen molar-refractivity contribution in [1.29, 1.82) is 0 Å². The van der Waals surface area contributed by atoms with Crippen molar-refractivity contribution in [3.8, 4) is 0 Å². The first kappa shape index (κ1) is 23.4. The molecule has 1 unspecified atom stereocenters. The van der Waals surface area contributed by atoms with Crippen molar-refractivity contribution < 1.29 is 13.8 Å². The van der Waals surface area contributed by atoms with Crippen LogP contribution in [0.3, 0.4) is 0 Å². The van der Waals surface area contributed by atoms with Crippen molar-refractivity contribution in [2.45, 2.75) is 50.6 Å². The van der Waals surface area contributed by atoms with E-state index in [0.717, 1.165) is 30.5 Å². The minimum Gasteiger partial charge on any atom is -0.366 e. The molecule has 168 valence electrons. The van der Waals surface area contributed by atoms with Gasteiger partial charge in [0.05, 0.1) is 23.2 Å². The number of aromatic nitrogens is 1. The summed E-state index contributed by atoms with van der Waals surface area (Å²) in [7, 11) is -1.64. The summed E-state index contributed by atoms with van der Waals surface area (Å²) in [5, 5.41) is 0. The molecule has 0 bridgehead atoms. The number of carbonyl (C=O) groups excluding carboxylic acids is 2. The van der Waals surface area contributed by atoms with E-state index in [-0.39, 0.29) is 24.1 Å². The summed E-state index contributed by atoms with van der Waals surface area (Å²) in [5.41, 5.74) is 7.29.